The standard InChI is InChI=1S/C7H7N3O3/c1-4-6(7(8)11)5(10(12)13)2-3-9-4/h2-3H,1H3,(H2,8,11). The van der Waals surface area contributed by atoms with Crippen LogP contribution >= 0.6 is 0 Å². The third kappa shape index (κ3) is 1.61. The molecule has 0 bridgehead atoms. The molecule has 0 aliphatic rings. The zero-order chi connectivity index (χ0) is 10.0. The topological polar surface area (TPSA) is 99.1 Å². The van der Waals surface area contributed by atoms with E-state index in [1.807, 2.05) is 0 Å². The van der Waals surface area contributed by atoms with Gasteiger partial charge in [0.05, 0.1) is 10.6 Å². The van der Waals surface area contributed by atoms with Gasteiger partial charge in [0.25, 0.3) is 11.6 Å². The molecule has 68 valence electrons. The molecule has 0 aromatic carbocycles. The molecular formula is C7H7N3O3. The second-order valence-corrected chi connectivity index (χ2v) is 2.41. The van der Waals surface area contributed by atoms with Gasteiger partial charge in [0, 0.05) is 12.3 Å². The lowest BCUT2D eigenvalue weighted by atomic mass is 10.1. The van der Waals surface area contributed by atoms with Gasteiger partial charge in [-0.25, -0.2) is 0 Å². The van der Waals surface area contributed by atoms with Crippen molar-refractivity contribution in [1.82, 2.24) is 4.98 Å². The van der Waals surface area contributed by atoms with E-state index in [0.717, 1.165) is 6.07 Å². The Balaban J connectivity index is 3.43. The minimum Gasteiger partial charge on any atom is -0.365 e. The van der Waals surface area contributed by atoms with Crippen LogP contribution in [0.1, 0.15) is 16.1 Å². The van der Waals surface area contributed by atoms with Crippen LogP contribution in [0.3, 0.4) is 0 Å². The summed E-state index contributed by atoms with van der Waals surface area (Å²) in [6.45, 7) is 1.49. The highest BCUT2D eigenvalue weighted by atomic mass is 16.6. The highest BCUT2D eigenvalue weighted by molar-refractivity contribution is 5.97. The molecule has 1 amide bonds. The molecule has 0 aliphatic heterocycles. The summed E-state index contributed by atoms with van der Waals surface area (Å²) < 4.78 is 0. The maximum atomic E-state index is 10.8. The lowest BCUT2D eigenvalue weighted by Crippen LogP contribution is -2.15. The highest BCUT2D eigenvalue weighted by Gasteiger charge is 2.20. The summed E-state index contributed by atoms with van der Waals surface area (Å²) in [6, 6.07) is 1.15. The molecule has 13 heavy (non-hydrogen) atoms. The number of hydrogen-bond donors (Lipinski definition) is 1. The predicted molar refractivity (Wildman–Crippen MR) is 44.1 cm³/mol. The maximum absolute atomic E-state index is 10.8. The summed E-state index contributed by atoms with van der Waals surface area (Å²) in [4.78, 5) is 24.4. The van der Waals surface area contributed by atoms with Gasteiger partial charge in [-0.1, -0.05) is 0 Å². The highest BCUT2D eigenvalue weighted by Crippen LogP contribution is 2.18. The minimum atomic E-state index is -0.836. The molecule has 1 aromatic rings. The van der Waals surface area contributed by atoms with Crippen molar-refractivity contribution >= 4 is 11.6 Å². The van der Waals surface area contributed by atoms with E-state index in [-0.39, 0.29) is 16.9 Å². The summed E-state index contributed by atoms with van der Waals surface area (Å²) in [5, 5.41) is 10.4. The molecule has 6 nitrogen and oxygen atoms in total. The number of nitro groups is 1. The Kier molecular flexibility index (Phi) is 2.23. The molecule has 0 saturated carbocycles. The SMILES string of the molecule is Cc1nccc([N+](=O)[O-])c1C(N)=O. The number of rotatable bonds is 2. The normalized spacial score (nSPS) is 9.62. The van der Waals surface area contributed by atoms with E-state index in [4.69, 9.17) is 5.73 Å². The molecule has 1 rings (SSSR count). The Morgan fingerprint density at radius 1 is 1.69 bits per heavy atom. The summed E-state index contributed by atoms with van der Waals surface area (Å²) in [5.74, 6) is -0.836. The lowest BCUT2D eigenvalue weighted by Gasteiger charge is -2.00. The molecular weight excluding hydrogens is 174 g/mol. The van der Waals surface area contributed by atoms with E-state index in [1.165, 1.54) is 13.1 Å². The van der Waals surface area contributed by atoms with Crippen molar-refractivity contribution in [2.45, 2.75) is 6.92 Å². The monoisotopic (exact) mass is 181 g/mol. The van der Waals surface area contributed by atoms with Crippen LogP contribution in [0.4, 0.5) is 5.69 Å². The van der Waals surface area contributed by atoms with Gasteiger partial charge in [0.15, 0.2) is 0 Å². The zero-order valence-corrected chi connectivity index (χ0v) is 6.85. The largest absolute Gasteiger partial charge is 0.365 e. The summed E-state index contributed by atoms with van der Waals surface area (Å²) in [7, 11) is 0. The Labute approximate surface area is 73.5 Å². The van der Waals surface area contributed by atoms with Crippen LogP contribution in [-0.2, 0) is 0 Å². The second kappa shape index (κ2) is 3.18. The van der Waals surface area contributed by atoms with Crippen LogP contribution in [0, 0.1) is 17.0 Å². The summed E-state index contributed by atoms with van der Waals surface area (Å²) in [5.41, 5.74) is 4.80. The van der Waals surface area contributed by atoms with Gasteiger partial charge in [0.1, 0.15) is 5.56 Å². The van der Waals surface area contributed by atoms with Crippen molar-refractivity contribution in [3.8, 4) is 0 Å². The smallest absolute Gasteiger partial charge is 0.285 e. The van der Waals surface area contributed by atoms with E-state index in [9.17, 15) is 14.9 Å². The molecule has 0 aliphatic carbocycles. The molecule has 0 saturated heterocycles. The van der Waals surface area contributed by atoms with Gasteiger partial charge in [0.2, 0.25) is 0 Å². The third-order valence-corrected chi connectivity index (χ3v) is 1.56. The fourth-order valence-electron chi connectivity index (χ4n) is 1.01. The average Bonchev–Trinajstić information content (AvgIpc) is 2.02. The number of primary amides is 1. The van der Waals surface area contributed by atoms with Crippen LogP contribution in [0.15, 0.2) is 12.3 Å². The molecule has 1 aromatic heterocycles. The van der Waals surface area contributed by atoms with Crippen molar-refractivity contribution in [2.24, 2.45) is 5.73 Å². The fraction of sp³-hybridized carbons (Fsp3) is 0.143. The van der Waals surface area contributed by atoms with E-state index >= 15 is 0 Å². The van der Waals surface area contributed by atoms with Crippen molar-refractivity contribution in [3.63, 3.8) is 0 Å². The number of hydrogen-bond acceptors (Lipinski definition) is 4. The second-order valence-electron chi connectivity index (χ2n) is 2.41. The zero-order valence-electron chi connectivity index (χ0n) is 6.85. The van der Waals surface area contributed by atoms with Gasteiger partial charge >= 0.3 is 0 Å². The van der Waals surface area contributed by atoms with Gasteiger partial charge in [-0.3, -0.25) is 19.9 Å². The third-order valence-electron chi connectivity index (χ3n) is 1.56. The van der Waals surface area contributed by atoms with Crippen LogP contribution in [0.25, 0.3) is 0 Å². The van der Waals surface area contributed by atoms with Gasteiger partial charge in [-0.15, -0.1) is 0 Å². The first-order valence-electron chi connectivity index (χ1n) is 3.44. The Morgan fingerprint density at radius 2 is 2.31 bits per heavy atom. The van der Waals surface area contributed by atoms with Crippen LogP contribution in [-0.4, -0.2) is 15.8 Å². The number of carbonyl (C=O) groups excluding carboxylic acids is 1. The first-order valence-corrected chi connectivity index (χ1v) is 3.44. The predicted octanol–water partition coefficient (Wildman–Crippen LogP) is 0.397. The van der Waals surface area contributed by atoms with Crippen molar-refractivity contribution in [1.29, 1.82) is 0 Å². The molecule has 0 unspecified atom stereocenters. The summed E-state index contributed by atoms with van der Waals surface area (Å²) >= 11 is 0. The lowest BCUT2D eigenvalue weighted by molar-refractivity contribution is -0.385. The molecule has 0 fully saturated rings. The number of amides is 1. The number of carbonyl (C=O) groups is 1. The Bertz CT molecular complexity index is 375. The van der Waals surface area contributed by atoms with E-state index in [2.05, 4.69) is 4.98 Å². The van der Waals surface area contributed by atoms with Gasteiger partial charge in [-0.2, -0.15) is 0 Å². The van der Waals surface area contributed by atoms with Crippen LogP contribution < -0.4 is 5.73 Å². The molecule has 1 heterocycles. The van der Waals surface area contributed by atoms with Crippen LogP contribution in [0.2, 0.25) is 0 Å². The minimum absolute atomic E-state index is 0.132. The van der Waals surface area contributed by atoms with E-state index < -0.39 is 10.8 Å². The molecule has 0 radical (unpaired) electrons. The number of pyridine rings is 1. The van der Waals surface area contributed by atoms with Gasteiger partial charge in [-0.05, 0) is 6.92 Å². The number of nitrogens with two attached hydrogens (primary N) is 1. The van der Waals surface area contributed by atoms with Gasteiger partial charge < -0.3 is 5.73 Å². The quantitative estimate of drug-likeness (QED) is 0.527. The first kappa shape index (κ1) is 9.11. The van der Waals surface area contributed by atoms with Crippen molar-refractivity contribution < 1.29 is 9.72 Å². The number of nitrogens with zero attached hydrogens (tertiary/aromatic N) is 2. The van der Waals surface area contributed by atoms with Crippen molar-refractivity contribution in [2.75, 3.05) is 0 Å². The molecule has 0 atom stereocenters. The number of aryl methyl sites for hydroxylation is 1. The van der Waals surface area contributed by atoms with Crippen molar-refractivity contribution in [3.05, 3.63) is 33.6 Å². The van der Waals surface area contributed by atoms with E-state index in [0.29, 0.717) is 0 Å². The molecule has 0 spiro atoms. The Hall–Kier alpha value is -1.98. The molecule has 2 N–H and O–H groups in total. The Morgan fingerprint density at radius 3 is 2.69 bits per heavy atom. The maximum Gasteiger partial charge on any atom is 0.285 e. The average molecular weight is 181 g/mol. The number of aromatic nitrogens is 1. The van der Waals surface area contributed by atoms with E-state index in [1.54, 1.807) is 0 Å². The summed E-state index contributed by atoms with van der Waals surface area (Å²) in [6.07, 6.45) is 1.26. The van der Waals surface area contributed by atoms with Crippen LogP contribution in [0.5, 0.6) is 0 Å². The molecule has 6 heteroatoms. The first-order chi connectivity index (χ1) is 6.04. The fourth-order valence-corrected chi connectivity index (χ4v) is 1.01.